The number of hydrogen-bond donors (Lipinski definition) is 1. The second-order valence-electron chi connectivity index (χ2n) is 3.63. The quantitative estimate of drug-likeness (QED) is 0.871. The van der Waals surface area contributed by atoms with Crippen LogP contribution in [0.2, 0.25) is 0 Å². The van der Waals surface area contributed by atoms with E-state index in [2.05, 4.69) is 4.98 Å². The molecule has 2 rings (SSSR count). The number of ether oxygens (including phenoxy) is 2. The van der Waals surface area contributed by atoms with Gasteiger partial charge in [-0.15, -0.1) is 0 Å². The summed E-state index contributed by atoms with van der Waals surface area (Å²) in [6.07, 6.45) is 1.62. The van der Waals surface area contributed by atoms with E-state index in [0.29, 0.717) is 12.4 Å². The minimum Gasteiger partial charge on any atom is -0.497 e. The molecule has 0 aliphatic carbocycles. The first kappa shape index (κ1) is 11.3. The van der Waals surface area contributed by atoms with Gasteiger partial charge in [-0.05, 0) is 12.1 Å². The van der Waals surface area contributed by atoms with Gasteiger partial charge in [0.2, 0.25) is 0 Å². The average molecular weight is 233 g/mol. The Balaban J connectivity index is 2.04. The third kappa shape index (κ3) is 2.50. The molecule has 2 N–H and O–H groups in total. The molecular weight excluding hydrogens is 218 g/mol. The van der Waals surface area contributed by atoms with Crippen molar-refractivity contribution in [1.82, 2.24) is 9.55 Å². The van der Waals surface area contributed by atoms with Crippen LogP contribution >= 0.6 is 0 Å². The number of hydrogen-bond acceptors (Lipinski definition) is 4. The fourth-order valence-corrected chi connectivity index (χ4v) is 1.44. The van der Waals surface area contributed by atoms with Crippen molar-refractivity contribution in [3.63, 3.8) is 0 Å². The summed E-state index contributed by atoms with van der Waals surface area (Å²) in [4.78, 5) is 4.15. The van der Waals surface area contributed by atoms with Gasteiger partial charge in [0, 0.05) is 13.1 Å². The Kier molecular flexibility index (Phi) is 3.18. The highest BCUT2D eigenvalue weighted by atomic mass is 16.5. The van der Waals surface area contributed by atoms with Crippen molar-refractivity contribution in [2.24, 2.45) is 7.05 Å². The Labute approximate surface area is 99.8 Å². The van der Waals surface area contributed by atoms with Gasteiger partial charge in [-0.25, -0.2) is 4.98 Å². The van der Waals surface area contributed by atoms with Crippen LogP contribution in [0.3, 0.4) is 0 Å². The second-order valence-corrected chi connectivity index (χ2v) is 3.63. The van der Waals surface area contributed by atoms with Crippen LogP contribution in [-0.2, 0) is 13.7 Å². The fraction of sp³-hybridized carbons (Fsp3) is 0.250. The Morgan fingerprint density at radius 3 is 2.76 bits per heavy atom. The monoisotopic (exact) mass is 233 g/mol. The van der Waals surface area contributed by atoms with Crippen LogP contribution in [0.25, 0.3) is 0 Å². The number of nitrogens with two attached hydrogens (primary N) is 1. The molecule has 1 aromatic carbocycles. The van der Waals surface area contributed by atoms with Gasteiger partial charge >= 0.3 is 0 Å². The Bertz CT molecular complexity index is 508. The van der Waals surface area contributed by atoms with Crippen LogP contribution in [0.4, 0.5) is 5.82 Å². The fourth-order valence-electron chi connectivity index (χ4n) is 1.44. The van der Waals surface area contributed by atoms with Gasteiger partial charge in [0.15, 0.2) is 0 Å². The number of nitrogens with zero attached hydrogens (tertiary/aromatic N) is 2. The standard InChI is InChI=1S/C12H15N3O2/c1-15-11(13)7-14-12(15)8-17-10-5-3-4-9(6-10)16-2/h3-7H,8,13H2,1-2H3. The third-order valence-corrected chi connectivity index (χ3v) is 2.53. The molecule has 0 spiro atoms. The molecule has 0 aliphatic rings. The SMILES string of the molecule is COc1cccc(OCc2ncc(N)n2C)c1. The molecule has 5 heteroatoms. The molecule has 90 valence electrons. The number of methoxy groups -OCH3 is 1. The lowest BCUT2D eigenvalue weighted by atomic mass is 10.3. The molecule has 17 heavy (non-hydrogen) atoms. The van der Waals surface area contributed by atoms with E-state index in [1.165, 1.54) is 0 Å². The molecule has 0 bridgehead atoms. The number of anilines is 1. The molecule has 2 aromatic rings. The topological polar surface area (TPSA) is 62.3 Å². The van der Waals surface area contributed by atoms with Gasteiger partial charge in [-0.2, -0.15) is 0 Å². The predicted octanol–water partition coefficient (Wildman–Crippen LogP) is 1.59. The van der Waals surface area contributed by atoms with E-state index in [-0.39, 0.29) is 0 Å². The average Bonchev–Trinajstić information content (AvgIpc) is 2.68. The maximum absolute atomic E-state index is 5.68. The highest BCUT2D eigenvalue weighted by Gasteiger charge is 2.04. The van der Waals surface area contributed by atoms with Gasteiger partial charge in [-0.1, -0.05) is 6.07 Å². The van der Waals surface area contributed by atoms with Crippen LogP contribution < -0.4 is 15.2 Å². The molecule has 1 aromatic heterocycles. The van der Waals surface area contributed by atoms with E-state index in [0.717, 1.165) is 17.3 Å². The Morgan fingerprint density at radius 2 is 2.12 bits per heavy atom. The van der Waals surface area contributed by atoms with Crippen molar-refractivity contribution in [2.75, 3.05) is 12.8 Å². The maximum atomic E-state index is 5.68. The summed E-state index contributed by atoms with van der Waals surface area (Å²) in [7, 11) is 3.48. The minimum atomic E-state index is 0.376. The number of benzene rings is 1. The van der Waals surface area contributed by atoms with Crippen molar-refractivity contribution < 1.29 is 9.47 Å². The summed E-state index contributed by atoms with van der Waals surface area (Å²) in [5, 5.41) is 0. The summed E-state index contributed by atoms with van der Waals surface area (Å²) < 4.78 is 12.5. The van der Waals surface area contributed by atoms with E-state index >= 15 is 0 Å². The van der Waals surface area contributed by atoms with Gasteiger partial charge in [0.25, 0.3) is 0 Å². The summed E-state index contributed by atoms with van der Waals surface area (Å²) >= 11 is 0. The predicted molar refractivity (Wildman–Crippen MR) is 64.9 cm³/mol. The molecular formula is C12H15N3O2. The molecule has 0 saturated heterocycles. The van der Waals surface area contributed by atoms with E-state index in [4.69, 9.17) is 15.2 Å². The smallest absolute Gasteiger partial charge is 0.148 e. The first-order valence-electron chi connectivity index (χ1n) is 5.23. The molecule has 0 fully saturated rings. The molecule has 0 radical (unpaired) electrons. The number of rotatable bonds is 4. The first-order chi connectivity index (χ1) is 8.20. The van der Waals surface area contributed by atoms with Crippen LogP contribution in [0.1, 0.15) is 5.82 Å². The summed E-state index contributed by atoms with van der Waals surface area (Å²) in [5.41, 5.74) is 5.68. The molecule has 5 nitrogen and oxygen atoms in total. The highest BCUT2D eigenvalue weighted by molar-refractivity contribution is 5.33. The van der Waals surface area contributed by atoms with Crippen LogP contribution in [0.15, 0.2) is 30.5 Å². The van der Waals surface area contributed by atoms with Crippen molar-refractivity contribution in [3.05, 3.63) is 36.3 Å². The lowest BCUT2D eigenvalue weighted by Crippen LogP contribution is -2.05. The largest absolute Gasteiger partial charge is 0.497 e. The Hall–Kier alpha value is -2.17. The normalized spacial score (nSPS) is 10.2. The molecule has 1 heterocycles. The lowest BCUT2D eigenvalue weighted by molar-refractivity contribution is 0.290. The van der Waals surface area contributed by atoms with Crippen molar-refractivity contribution in [2.45, 2.75) is 6.61 Å². The maximum Gasteiger partial charge on any atom is 0.148 e. The summed E-state index contributed by atoms with van der Waals surface area (Å²) in [6.45, 7) is 0.376. The van der Waals surface area contributed by atoms with Gasteiger partial charge in [0.05, 0.1) is 13.3 Å². The molecule has 0 unspecified atom stereocenters. The first-order valence-corrected chi connectivity index (χ1v) is 5.23. The zero-order valence-electron chi connectivity index (χ0n) is 9.88. The molecule has 0 aliphatic heterocycles. The van der Waals surface area contributed by atoms with E-state index in [9.17, 15) is 0 Å². The number of nitrogen functional groups attached to an aromatic ring is 1. The van der Waals surface area contributed by atoms with Gasteiger partial charge in [0.1, 0.15) is 29.7 Å². The third-order valence-electron chi connectivity index (χ3n) is 2.53. The molecule has 0 saturated carbocycles. The van der Waals surface area contributed by atoms with Gasteiger partial charge < -0.3 is 19.8 Å². The number of aromatic nitrogens is 2. The second kappa shape index (κ2) is 4.78. The van der Waals surface area contributed by atoms with Gasteiger partial charge in [-0.3, -0.25) is 0 Å². The minimum absolute atomic E-state index is 0.376. The zero-order valence-corrected chi connectivity index (χ0v) is 9.88. The highest BCUT2D eigenvalue weighted by Crippen LogP contribution is 2.19. The van der Waals surface area contributed by atoms with E-state index in [1.807, 2.05) is 31.3 Å². The molecule has 0 atom stereocenters. The summed E-state index contributed by atoms with van der Waals surface area (Å²) in [5.74, 6) is 2.91. The van der Waals surface area contributed by atoms with E-state index in [1.54, 1.807) is 17.9 Å². The molecule has 0 amide bonds. The van der Waals surface area contributed by atoms with Crippen LogP contribution in [0.5, 0.6) is 11.5 Å². The van der Waals surface area contributed by atoms with E-state index < -0.39 is 0 Å². The van der Waals surface area contributed by atoms with Crippen molar-refractivity contribution >= 4 is 5.82 Å². The number of imidazole rings is 1. The van der Waals surface area contributed by atoms with Crippen LogP contribution in [0, 0.1) is 0 Å². The van der Waals surface area contributed by atoms with Crippen molar-refractivity contribution in [1.29, 1.82) is 0 Å². The zero-order chi connectivity index (χ0) is 12.3. The Morgan fingerprint density at radius 1 is 1.35 bits per heavy atom. The van der Waals surface area contributed by atoms with Crippen molar-refractivity contribution in [3.8, 4) is 11.5 Å². The summed E-state index contributed by atoms with van der Waals surface area (Å²) in [6, 6.07) is 7.44. The van der Waals surface area contributed by atoms with Crippen LogP contribution in [-0.4, -0.2) is 16.7 Å². The lowest BCUT2D eigenvalue weighted by Gasteiger charge is -2.07.